The van der Waals surface area contributed by atoms with E-state index in [9.17, 15) is 0 Å². The molecule has 0 atom stereocenters. The molecule has 3 aromatic rings. The van der Waals surface area contributed by atoms with Gasteiger partial charge in [0, 0.05) is 38.1 Å². The van der Waals surface area contributed by atoms with Gasteiger partial charge in [0.05, 0.1) is 18.7 Å². The molecule has 1 heterocycles. The Balaban J connectivity index is 1.31. The molecule has 0 bridgehead atoms. The standard InChI is InChI=1S/C27H37N5O2/c1-5-33-24-16-11-19(17-25(24)34-6-2)18-28-20-12-14-21(15-13-20)29-27-30-23-10-8-7-9-22(23)26(31-27)32(3)4/h7-11,16-17,20-21,28H,5-6,12-15,18H2,1-4H3,(H,29,30,31)/t20-,21+. The van der Waals surface area contributed by atoms with Crippen molar-refractivity contribution in [1.29, 1.82) is 0 Å². The topological polar surface area (TPSA) is 71.5 Å². The van der Waals surface area contributed by atoms with E-state index < -0.39 is 0 Å². The Morgan fingerprint density at radius 3 is 2.32 bits per heavy atom. The van der Waals surface area contributed by atoms with E-state index in [4.69, 9.17) is 19.4 Å². The van der Waals surface area contributed by atoms with Crippen LogP contribution in [0.15, 0.2) is 42.5 Å². The van der Waals surface area contributed by atoms with Crippen LogP contribution in [0.5, 0.6) is 11.5 Å². The molecular formula is C27H37N5O2. The Morgan fingerprint density at radius 1 is 0.882 bits per heavy atom. The highest BCUT2D eigenvalue weighted by atomic mass is 16.5. The van der Waals surface area contributed by atoms with Gasteiger partial charge in [-0.05, 0) is 69.4 Å². The molecule has 2 aromatic carbocycles. The summed E-state index contributed by atoms with van der Waals surface area (Å²) in [6, 6.07) is 15.3. The minimum absolute atomic E-state index is 0.393. The lowest BCUT2D eigenvalue weighted by Gasteiger charge is -2.30. The molecule has 4 rings (SSSR count). The van der Waals surface area contributed by atoms with Crippen LogP contribution in [-0.4, -0.2) is 49.4 Å². The van der Waals surface area contributed by atoms with Crippen molar-refractivity contribution < 1.29 is 9.47 Å². The molecule has 0 radical (unpaired) electrons. The fourth-order valence-corrected chi connectivity index (χ4v) is 4.56. The smallest absolute Gasteiger partial charge is 0.225 e. The predicted octanol–water partition coefficient (Wildman–Crippen LogP) is 5.01. The van der Waals surface area contributed by atoms with Crippen LogP contribution in [0.4, 0.5) is 11.8 Å². The average Bonchev–Trinajstić information content (AvgIpc) is 2.84. The lowest BCUT2D eigenvalue weighted by molar-refractivity contribution is 0.287. The highest BCUT2D eigenvalue weighted by Crippen LogP contribution is 2.29. The number of nitrogens with zero attached hydrogens (tertiary/aromatic N) is 3. The summed E-state index contributed by atoms with van der Waals surface area (Å²) in [5.74, 6) is 3.30. The van der Waals surface area contributed by atoms with Gasteiger partial charge in [-0.2, -0.15) is 4.98 Å². The zero-order valence-corrected chi connectivity index (χ0v) is 20.8. The minimum Gasteiger partial charge on any atom is -0.490 e. The third kappa shape index (κ3) is 5.89. The molecule has 7 nitrogen and oxygen atoms in total. The zero-order chi connectivity index (χ0) is 23.9. The number of rotatable bonds is 10. The summed E-state index contributed by atoms with van der Waals surface area (Å²) in [5, 5.41) is 8.40. The second-order valence-electron chi connectivity index (χ2n) is 9.00. The molecule has 0 spiro atoms. The van der Waals surface area contributed by atoms with Gasteiger partial charge in [-0.15, -0.1) is 0 Å². The van der Waals surface area contributed by atoms with Crippen LogP contribution in [0.2, 0.25) is 0 Å². The summed E-state index contributed by atoms with van der Waals surface area (Å²) in [6.45, 7) is 6.08. The molecule has 34 heavy (non-hydrogen) atoms. The highest BCUT2D eigenvalue weighted by molar-refractivity contribution is 5.90. The summed E-state index contributed by atoms with van der Waals surface area (Å²) in [6.07, 6.45) is 4.44. The van der Waals surface area contributed by atoms with E-state index in [1.807, 2.05) is 57.1 Å². The van der Waals surface area contributed by atoms with Crippen molar-refractivity contribution in [2.24, 2.45) is 0 Å². The maximum Gasteiger partial charge on any atom is 0.225 e. The summed E-state index contributed by atoms with van der Waals surface area (Å²) in [7, 11) is 4.05. The zero-order valence-electron chi connectivity index (χ0n) is 20.8. The molecule has 1 aromatic heterocycles. The summed E-state index contributed by atoms with van der Waals surface area (Å²) >= 11 is 0. The first-order chi connectivity index (χ1) is 16.6. The van der Waals surface area contributed by atoms with E-state index in [-0.39, 0.29) is 0 Å². The second-order valence-corrected chi connectivity index (χ2v) is 9.00. The molecule has 0 saturated heterocycles. The maximum absolute atomic E-state index is 5.77. The molecule has 182 valence electrons. The molecule has 1 fully saturated rings. The van der Waals surface area contributed by atoms with Crippen molar-refractivity contribution in [3.05, 3.63) is 48.0 Å². The first kappa shape index (κ1) is 24.1. The van der Waals surface area contributed by atoms with Crippen LogP contribution >= 0.6 is 0 Å². The number of hydrogen-bond donors (Lipinski definition) is 2. The monoisotopic (exact) mass is 463 g/mol. The van der Waals surface area contributed by atoms with Crippen LogP contribution in [-0.2, 0) is 6.54 Å². The van der Waals surface area contributed by atoms with Gasteiger partial charge in [-0.3, -0.25) is 0 Å². The molecule has 0 aliphatic heterocycles. The van der Waals surface area contributed by atoms with Crippen molar-refractivity contribution in [3.63, 3.8) is 0 Å². The van der Waals surface area contributed by atoms with Crippen LogP contribution in [0.3, 0.4) is 0 Å². The van der Waals surface area contributed by atoms with Crippen molar-refractivity contribution in [2.45, 2.75) is 58.2 Å². The van der Waals surface area contributed by atoms with Gasteiger partial charge in [-0.25, -0.2) is 4.98 Å². The molecular weight excluding hydrogens is 426 g/mol. The molecule has 1 aliphatic rings. The molecule has 2 N–H and O–H groups in total. The van der Waals surface area contributed by atoms with Crippen molar-refractivity contribution >= 4 is 22.7 Å². The molecule has 0 amide bonds. The van der Waals surface area contributed by atoms with Crippen LogP contribution in [0.1, 0.15) is 45.1 Å². The van der Waals surface area contributed by atoms with Crippen molar-refractivity contribution in [3.8, 4) is 11.5 Å². The summed E-state index contributed by atoms with van der Waals surface area (Å²) in [5.41, 5.74) is 2.19. The first-order valence-electron chi connectivity index (χ1n) is 12.4. The van der Waals surface area contributed by atoms with E-state index in [0.717, 1.165) is 66.4 Å². The van der Waals surface area contributed by atoms with Crippen molar-refractivity contribution in [1.82, 2.24) is 15.3 Å². The highest BCUT2D eigenvalue weighted by Gasteiger charge is 2.22. The van der Waals surface area contributed by atoms with E-state index in [2.05, 4.69) is 28.8 Å². The SMILES string of the molecule is CCOc1ccc(CN[C@H]2CC[C@@H](Nc3nc(N(C)C)c4ccccc4n3)CC2)cc1OCC. The van der Waals surface area contributed by atoms with E-state index in [1.165, 1.54) is 5.56 Å². The second kappa shape index (κ2) is 11.4. The predicted molar refractivity (Wildman–Crippen MR) is 139 cm³/mol. The molecule has 1 aliphatic carbocycles. The normalized spacial score (nSPS) is 18.0. The number of ether oxygens (including phenoxy) is 2. The van der Waals surface area contributed by atoms with Gasteiger partial charge < -0.3 is 25.0 Å². The Bertz CT molecular complexity index is 1080. The third-order valence-electron chi connectivity index (χ3n) is 6.27. The summed E-state index contributed by atoms with van der Waals surface area (Å²) in [4.78, 5) is 11.6. The van der Waals surface area contributed by atoms with E-state index in [1.54, 1.807) is 0 Å². The fourth-order valence-electron chi connectivity index (χ4n) is 4.56. The number of benzene rings is 2. The number of aromatic nitrogens is 2. The Labute approximate surface area is 202 Å². The number of fused-ring (bicyclic) bond motifs is 1. The van der Waals surface area contributed by atoms with Gasteiger partial charge in [0.2, 0.25) is 5.95 Å². The number of hydrogen-bond acceptors (Lipinski definition) is 7. The van der Waals surface area contributed by atoms with Crippen LogP contribution < -0.4 is 25.0 Å². The maximum atomic E-state index is 5.77. The average molecular weight is 464 g/mol. The lowest BCUT2D eigenvalue weighted by atomic mass is 9.91. The van der Waals surface area contributed by atoms with Crippen LogP contribution in [0.25, 0.3) is 10.9 Å². The largest absolute Gasteiger partial charge is 0.490 e. The third-order valence-corrected chi connectivity index (χ3v) is 6.27. The van der Waals surface area contributed by atoms with Gasteiger partial charge in [0.15, 0.2) is 11.5 Å². The van der Waals surface area contributed by atoms with Gasteiger partial charge in [0.1, 0.15) is 5.82 Å². The minimum atomic E-state index is 0.393. The Morgan fingerprint density at radius 2 is 1.59 bits per heavy atom. The quantitative estimate of drug-likeness (QED) is 0.438. The van der Waals surface area contributed by atoms with Crippen molar-refractivity contribution in [2.75, 3.05) is 37.5 Å². The van der Waals surface area contributed by atoms with Gasteiger partial charge in [0.25, 0.3) is 0 Å². The van der Waals surface area contributed by atoms with Gasteiger partial charge in [-0.1, -0.05) is 18.2 Å². The van der Waals surface area contributed by atoms with E-state index in [0.29, 0.717) is 25.3 Å². The summed E-state index contributed by atoms with van der Waals surface area (Å²) < 4.78 is 11.4. The fraction of sp³-hybridized carbons (Fsp3) is 0.481. The number of nitrogens with one attached hydrogen (secondary N) is 2. The molecule has 1 saturated carbocycles. The van der Waals surface area contributed by atoms with Crippen LogP contribution in [0, 0.1) is 0 Å². The Kier molecular flexibility index (Phi) is 8.06. The lowest BCUT2D eigenvalue weighted by Crippen LogP contribution is -2.37. The molecule has 7 heteroatoms. The molecule has 0 unspecified atom stereocenters. The Hall–Kier alpha value is -3.06. The van der Waals surface area contributed by atoms with E-state index >= 15 is 0 Å². The number of anilines is 2. The number of para-hydroxylation sites is 1. The van der Waals surface area contributed by atoms with Gasteiger partial charge >= 0.3 is 0 Å². The first-order valence-corrected chi connectivity index (χ1v) is 12.4.